The maximum atomic E-state index is 12.6. The molecule has 0 saturated heterocycles. The van der Waals surface area contributed by atoms with Crippen LogP contribution in [-0.4, -0.2) is 29.4 Å². The summed E-state index contributed by atoms with van der Waals surface area (Å²) >= 11 is 0. The molecule has 2 aromatic carbocycles. The van der Waals surface area contributed by atoms with Crippen LogP contribution in [0.2, 0.25) is 0 Å². The van der Waals surface area contributed by atoms with E-state index in [9.17, 15) is 4.79 Å². The molecule has 1 aromatic heterocycles. The van der Waals surface area contributed by atoms with Crippen LogP contribution in [0.15, 0.2) is 53.2 Å². The third-order valence-electron chi connectivity index (χ3n) is 4.02. The molecule has 3 rings (SSSR count). The lowest BCUT2D eigenvalue weighted by atomic mass is 10.1. The summed E-state index contributed by atoms with van der Waals surface area (Å²) in [5.41, 5.74) is 1.68. The summed E-state index contributed by atoms with van der Waals surface area (Å²) < 4.78 is 15.9. The van der Waals surface area contributed by atoms with Crippen LogP contribution in [0.3, 0.4) is 0 Å². The average Bonchev–Trinajstić information content (AvgIpc) is 3.17. The molecule has 0 atom stereocenters. The summed E-state index contributed by atoms with van der Waals surface area (Å²) in [7, 11) is 0. The number of anilines is 1. The lowest BCUT2D eigenvalue weighted by Gasteiger charge is -2.07. The highest BCUT2D eigenvalue weighted by atomic mass is 16.6. The van der Waals surface area contributed by atoms with Gasteiger partial charge in [-0.2, -0.15) is 0 Å². The molecule has 0 spiro atoms. The molecule has 3 aromatic rings. The van der Waals surface area contributed by atoms with Gasteiger partial charge in [0.2, 0.25) is 5.82 Å². The van der Waals surface area contributed by atoms with Crippen molar-refractivity contribution in [2.75, 3.05) is 18.5 Å². The first-order valence-electron chi connectivity index (χ1n) is 9.31. The number of ether oxygens (including phenoxy) is 2. The standard InChI is InChI=1S/C21H23N3O4/c1-3-5-13-27-17-11-9-15(10-12-17)19-20(24-28-23-19)22-21(25)16-7-6-8-18(14-16)26-4-2/h6-12,14H,3-5,13H2,1-2H3,(H,22,24,25). The highest BCUT2D eigenvalue weighted by Crippen LogP contribution is 2.27. The number of rotatable bonds is 9. The number of aromatic nitrogens is 2. The molecule has 1 N–H and O–H groups in total. The highest BCUT2D eigenvalue weighted by Gasteiger charge is 2.16. The zero-order chi connectivity index (χ0) is 19.8. The van der Waals surface area contributed by atoms with E-state index in [-0.39, 0.29) is 11.7 Å². The third-order valence-corrected chi connectivity index (χ3v) is 4.02. The molecule has 0 saturated carbocycles. The molecule has 7 nitrogen and oxygen atoms in total. The zero-order valence-corrected chi connectivity index (χ0v) is 16.0. The van der Waals surface area contributed by atoms with E-state index in [1.165, 1.54) is 0 Å². The predicted octanol–water partition coefficient (Wildman–Crippen LogP) is 4.57. The van der Waals surface area contributed by atoms with Crippen LogP contribution in [0.4, 0.5) is 5.82 Å². The topological polar surface area (TPSA) is 86.5 Å². The van der Waals surface area contributed by atoms with Gasteiger partial charge in [-0.05, 0) is 66.1 Å². The Labute approximate surface area is 163 Å². The van der Waals surface area contributed by atoms with E-state index in [1.54, 1.807) is 24.3 Å². The van der Waals surface area contributed by atoms with Crippen molar-refractivity contribution in [3.05, 3.63) is 54.1 Å². The van der Waals surface area contributed by atoms with E-state index in [2.05, 4.69) is 22.6 Å². The van der Waals surface area contributed by atoms with Gasteiger partial charge in [0, 0.05) is 11.1 Å². The van der Waals surface area contributed by atoms with E-state index >= 15 is 0 Å². The van der Waals surface area contributed by atoms with Gasteiger partial charge in [0.15, 0.2) is 5.69 Å². The maximum absolute atomic E-state index is 12.6. The second-order valence-corrected chi connectivity index (χ2v) is 6.10. The largest absolute Gasteiger partial charge is 0.494 e. The van der Waals surface area contributed by atoms with Gasteiger partial charge in [-0.25, -0.2) is 4.63 Å². The molecule has 0 radical (unpaired) electrons. The maximum Gasteiger partial charge on any atom is 0.257 e. The normalized spacial score (nSPS) is 10.5. The minimum absolute atomic E-state index is 0.256. The molecule has 1 heterocycles. The Kier molecular flexibility index (Phi) is 6.62. The molecule has 0 aliphatic heterocycles. The fraction of sp³-hybridized carbons (Fsp3) is 0.286. The quantitative estimate of drug-likeness (QED) is 0.547. The number of unbranched alkanes of at least 4 members (excludes halogenated alkanes) is 1. The molecule has 1 amide bonds. The molecular formula is C21H23N3O4. The minimum Gasteiger partial charge on any atom is -0.494 e. The lowest BCUT2D eigenvalue weighted by molar-refractivity contribution is 0.102. The first-order chi connectivity index (χ1) is 13.7. The molecular weight excluding hydrogens is 358 g/mol. The van der Waals surface area contributed by atoms with Crippen molar-refractivity contribution in [2.45, 2.75) is 26.7 Å². The first kappa shape index (κ1) is 19.4. The fourth-order valence-electron chi connectivity index (χ4n) is 2.58. The van der Waals surface area contributed by atoms with E-state index in [1.807, 2.05) is 31.2 Å². The Morgan fingerprint density at radius 2 is 1.86 bits per heavy atom. The van der Waals surface area contributed by atoms with E-state index in [4.69, 9.17) is 14.1 Å². The summed E-state index contributed by atoms with van der Waals surface area (Å²) in [5.74, 6) is 1.35. The fourth-order valence-corrected chi connectivity index (χ4v) is 2.58. The second kappa shape index (κ2) is 9.55. The summed E-state index contributed by atoms with van der Waals surface area (Å²) in [6.45, 7) is 5.22. The number of carbonyl (C=O) groups is 1. The van der Waals surface area contributed by atoms with Crippen LogP contribution in [0, 0.1) is 0 Å². The van der Waals surface area contributed by atoms with Crippen molar-refractivity contribution in [3.63, 3.8) is 0 Å². The second-order valence-electron chi connectivity index (χ2n) is 6.10. The zero-order valence-electron chi connectivity index (χ0n) is 16.0. The number of hydrogen-bond donors (Lipinski definition) is 1. The van der Waals surface area contributed by atoms with Crippen molar-refractivity contribution < 1.29 is 18.9 Å². The molecule has 146 valence electrons. The summed E-state index contributed by atoms with van der Waals surface area (Å²) in [6.07, 6.45) is 2.09. The summed E-state index contributed by atoms with van der Waals surface area (Å²) in [4.78, 5) is 12.6. The predicted molar refractivity (Wildman–Crippen MR) is 106 cm³/mol. The molecule has 0 unspecified atom stereocenters. The smallest absolute Gasteiger partial charge is 0.257 e. The molecule has 0 aliphatic rings. The van der Waals surface area contributed by atoms with Gasteiger partial charge in [-0.3, -0.25) is 4.79 Å². The van der Waals surface area contributed by atoms with Gasteiger partial charge in [0.1, 0.15) is 11.5 Å². The van der Waals surface area contributed by atoms with Gasteiger partial charge < -0.3 is 14.8 Å². The molecule has 28 heavy (non-hydrogen) atoms. The Morgan fingerprint density at radius 3 is 2.61 bits per heavy atom. The van der Waals surface area contributed by atoms with Crippen LogP contribution in [0.1, 0.15) is 37.0 Å². The van der Waals surface area contributed by atoms with Gasteiger partial charge in [-0.15, -0.1) is 0 Å². The van der Waals surface area contributed by atoms with Crippen LogP contribution in [0.25, 0.3) is 11.3 Å². The Morgan fingerprint density at radius 1 is 1.04 bits per heavy atom. The van der Waals surface area contributed by atoms with Gasteiger partial charge >= 0.3 is 0 Å². The van der Waals surface area contributed by atoms with Crippen LogP contribution in [-0.2, 0) is 0 Å². The van der Waals surface area contributed by atoms with Gasteiger partial charge in [0.05, 0.1) is 13.2 Å². The lowest BCUT2D eigenvalue weighted by Crippen LogP contribution is -2.13. The summed E-state index contributed by atoms with van der Waals surface area (Å²) in [6, 6.07) is 14.4. The highest BCUT2D eigenvalue weighted by molar-refractivity contribution is 6.05. The number of hydrogen-bond acceptors (Lipinski definition) is 6. The Balaban J connectivity index is 1.71. The van der Waals surface area contributed by atoms with E-state index in [0.717, 1.165) is 24.2 Å². The van der Waals surface area contributed by atoms with Crippen molar-refractivity contribution in [3.8, 4) is 22.8 Å². The number of carbonyl (C=O) groups excluding carboxylic acids is 1. The monoisotopic (exact) mass is 381 g/mol. The third kappa shape index (κ3) is 4.88. The van der Waals surface area contributed by atoms with E-state index in [0.29, 0.717) is 30.2 Å². The van der Waals surface area contributed by atoms with Crippen molar-refractivity contribution in [1.29, 1.82) is 0 Å². The number of nitrogens with one attached hydrogen (secondary N) is 1. The first-order valence-corrected chi connectivity index (χ1v) is 9.31. The molecule has 0 fully saturated rings. The summed E-state index contributed by atoms with van der Waals surface area (Å²) in [5, 5.41) is 10.5. The number of amides is 1. The number of benzene rings is 2. The van der Waals surface area contributed by atoms with Crippen LogP contribution in [0.5, 0.6) is 11.5 Å². The van der Waals surface area contributed by atoms with Gasteiger partial charge in [0.25, 0.3) is 5.91 Å². The van der Waals surface area contributed by atoms with Gasteiger partial charge in [-0.1, -0.05) is 19.4 Å². The molecule has 0 aliphatic carbocycles. The van der Waals surface area contributed by atoms with Crippen LogP contribution >= 0.6 is 0 Å². The molecule has 7 heteroatoms. The molecule has 0 bridgehead atoms. The average molecular weight is 381 g/mol. The van der Waals surface area contributed by atoms with E-state index < -0.39 is 0 Å². The number of nitrogens with zero attached hydrogens (tertiary/aromatic N) is 2. The van der Waals surface area contributed by atoms with Crippen molar-refractivity contribution in [1.82, 2.24) is 10.3 Å². The van der Waals surface area contributed by atoms with Crippen LogP contribution < -0.4 is 14.8 Å². The van der Waals surface area contributed by atoms with Crippen molar-refractivity contribution in [2.24, 2.45) is 0 Å². The Hall–Kier alpha value is -3.35. The minimum atomic E-state index is -0.321. The Bertz CT molecular complexity index is 906. The van der Waals surface area contributed by atoms with Crippen molar-refractivity contribution >= 4 is 11.7 Å². The SMILES string of the molecule is CCCCOc1ccc(-c2nonc2NC(=O)c2cccc(OCC)c2)cc1.